The molecule has 0 amide bonds. The van der Waals surface area contributed by atoms with Crippen molar-refractivity contribution < 1.29 is 4.74 Å². The van der Waals surface area contributed by atoms with Gasteiger partial charge < -0.3 is 4.74 Å². The smallest absolute Gasteiger partial charge is 0.203 e. The van der Waals surface area contributed by atoms with Gasteiger partial charge in [0.15, 0.2) is 0 Å². The van der Waals surface area contributed by atoms with E-state index in [1.54, 1.807) is 17.6 Å². The van der Waals surface area contributed by atoms with Crippen LogP contribution in [0.5, 0.6) is 5.75 Å². The number of ether oxygens (including phenoxy) is 1. The molecular weight excluding hydrogens is 282 g/mol. The number of anilines is 1. The molecule has 1 aromatic heterocycles. The number of nitrogens with zero attached hydrogens (tertiary/aromatic N) is 2. The second kappa shape index (κ2) is 6.72. The minimum atomic E-state index is 0.650. The first-order valence-corrected chi connectivity index (χ1v) is 8.18. The normalized spacial score (nSPS) is 14.1. The lowest BCUT2D eigenvalue weighted by molar-refractivity contribution is 0.340. The van der Waals surface area contributed by atoms with Gasteiger partial charge in [0.05, 0.1) is 18.5 Å². The van der Waals surface area contributed by atoms with E-state index in [0.717, 1.165) is 29.3 Å². The highest BCUT2D eigenvalue weighted by molar-refractivity contribution is 7.15. The van der Waals surface area contributed by atoms with Gasteiger partial charge in [0.1, 0.15) is 5.75 Å². The molecule has 110 valence electrons. The second-order valence-electron chi connectivity index (χ2n) is 4.94. The van der Waals surface area contributed by atoms with Crippen LogP contribution in [-0.2, 0) is 12.8 Å². The largest absolute Gasteiger partial charge is 0.493 e. The van der Waals surface area contributed by atoms with Crippen molar-refractivity contribution in [2.45, 2.75) is 32.6 Å². The van der Waals surface area contributed by atoms with E-state index in [-0.39, 0.29) is 0 Å². The van der Waals surface area contributed by atoms with Crippen LogP contribution in [0.25, 0.3) is 0 Å². The molecule has 4 nitrogen and oxygen atoms in total. The molecule has 5 heteroatoms. The fourth-order valence-corrected chi connectivity index (χ4v) is 3.43. The zero-order chi connectivity index (χ0) is 14.5. The quantitative estimate of drug-likeness (QED) is 0.673. The first-order chi connectivity index (χ1) is 10.4. The van der Waals surface area contributed by atoms with Crippen molar-refractivity contribution in [3.63, 3.8) is 0 Å². The van der Waals surface area contributed by atoms with Crippen LogP contribution in [0, 0.1) is 0 Å². The van der Waals surface area contributed by atoms with Gasteiger partial charge in [0, 0.05) is 10.4 Å². The fraction of sp³-hybridized carbons (Fsp3) is 0.375. The summed E-state index contributed by atoms with van der Waals surface area (Å²) >= 11 is 1.72. The summed E-state index contributed by atoms with van der Waals surface area (Å²) in [7, 11) is 0. The molecule has 0 saturated heterocycles. The van der Waals surface area contributed by atoms with E-state index >= 15 is 0 Å². The number of para-hydroxylation sites is 1. The number of fused-ring (bicyclic) bond motifs is 1. The Balaban J connectivity index is 1.68. The minimum absolute atomic E-state index is 0.650. The van der Waals surface area contributed by atoms with Crippen LogP contribution in [0.1, 0.15) is 35.9 Å². The Morgan fingerprint density at radius 2 is 2.19 bits per heavy atom. The summed E-state index contributed by atoms with van der Waals surface area (Å²) in [6.45, 7) is 2.63. The van der Waals surface area contributed by atoms with E-state index in [9.17, 15) is 0 Å². The Kier molecular flexibility index (Phi) is 4.50. The summed E-state index contributed by atoms with van der Waals surface area (Å²) in [5, 5.41) is 5.17. The van der Waals surface area contributed by atoms with Crippen LogP contribution in [0.3, 0.4) is 0 Å². The van der Waals surface area contributed by atoms with Crippen molar-refractivity contribution in [3.05, 3.63) is 40.4 Å². The number of hydrogen-bond donors (Lipinski definition) is 1. The maximum absolute atomic E-state index is 5.57. The molecule has 0 spiro atoms. The van der Waals surface area contributed by atoms with Crippen molar-refractivity contribution in [3.8, 4) is 5.75 Å². The molecule has 0 radical (unpaired) electrons. The molecule has 21 heavy (non-hydrogen) atoms. The molecule has 0 saturated carbocycles. The third kappa shape index (κ3) is 3.42. The van der Waals surface area contributed by atoms with Gasteiger partial charge in [-0.15, -0.1) is 11.3 Å². The predicted molar refractivity (Wildman–Crippen MR) is 87.6 cm³/mol. The summed E-state index contributed by atoms with van der Waals surface area (Å²) < 4.78 is 5.57. The molecule has 1 N–H and O–H groups in total. The Morgan fingerprint density at radius 1 is 1.33 bits per heavy atom. The van der Waals surface area contributed by atoms with Gasteiger partial charge in [-0.3, -0.25) is 5.43 Å². The number of benzene rings is 1. The van der Waals surface area contributed by atoms with Gasteiger partial charge in [-0.1, -0.05) is 12.1 Å². The monoisotopic (exact) mass is 301 g/mol. The minimum Gasteiger partial charge on any atom is -0.493 e. The number of aryl methyl sites for hydroxylation is 2. The number of hydrogen-bond acceptors (Lipinski definition) is 5. The van der Waals surface area contributed by atoms with Crippen molar-refractivity contribution in [1.82, 2.24) is 4.98 Å². The number of rotatable bonds is 5. The van der Waals surface area contributed by atoms with Crippen LogP contribution in [0.2, 0.25) is 0 Å². The zero-order valence-corrected chi connectivity index (χ0v) is 12.9. The zero-order valence-electron chi connectivity index (χ0n) is 12.1. The Bertz CT molecular complexity index is 613. The molecule has 3 rings (SSSR count). The first kappa shape index (κ1) is 14.1. The van der Waals surface area contributed by atoms with Crippen molar-refractivity contribution in [1.29, 1.82) is 0 Å². The van der Waals surface area contributed by atoms with Gasteiger partial charge in [0.25, 0.3) is 0 Å². The molecule has 1 heterocycles. The molecule has 0 bridgehead atoms. The molecule has 2 aromatic rings. The summed E-state index contributed by atoms with van der Waals surface area (Å²) in [4.78, 5) is 6.01. The third-order valence-electron chi connectivity index (χ3n) is 3.43. The van der Waals surface area contributed by atoms with Crippen LogP contribution in [0.4, 0.5) is 5.13 Å². The van der Waals surface area contributed by atoms with Crippen LogP contribution < -0.4 is 10.2 Å². The lowest BCUT2D eigenvalue weighted by Gasteiger charge is -2.06. The average Bonchev–Trinajstić information content (AvgIpc) is 2.92. The van der Waals surface area contributed by atoms with Gasteiger partial charge in [-0.05, 0) is 44.7 Å². The number of aromatic nitrogens is 1. The molecule has 0 unspecified atom stereocenters. The highest BCUT2D eigenvalue weighted by Gasteiger charge is 2.14. The van der Waals surface area contributed by atoms with E-state index in [4.69, 9.17) is 4.74 Å². The van der Waals surface area contributed by atoms with Gasteiger partial charge in [0.2, 0.25) is 5.13 Å². The fourth-order valence-electron chi connectivity index (χ4n) is 2.43. The van der Waals surface area contributed by atoms with Crippen molar-refractivity contribution in [2.24, 2.45) is 5.10 Å². The summed E-state index contributed by atoms with van der Waals surface area (Å²) in [5.41, 5.74) is 5.26. The standard InChI is InChI=1S/C16H19N3OS/c1-2-20-14-9-5-3-7-12(14)11-17-19-16-18-13-8-4-6-10-15(13)21-16/h3,5,7,9,11H,2,4,6,8,10H2,1H3,(H,18,19). The van der Waals surface area contributed by atoms with Crippen LogP contribution >= 0.6 is 11.3 Å². The molecular formula is C16H19N3OS. The summed E-state index contributed by atoms with van der Waals surface area (Å²) in [6.07, 6.45) is 6.57. The number of nitrogens with one attached hydrogen (secondary N) is 1. The van der Waals surface area contributed by atoms with Gasteiger partial charge in [-0.25, -0.2) is 4.98 Å². The molecule has 1 aliphatic carbocycles. The van der Waals surface area contributed by atoms with E-state index in [0.29, 0.717) is 6.61 Å². The lowest BCUT2D eigenvalue weighted by Crippen LogP contribution is -1.99. The maximum atomic E-state index is 5.57. The second-order valence-corrected chi connectivity index (χ2v) is 6.02. The average molecular weight is 301 g/mol. The summed E-state index contributed by atoms with van der Waals surface area (Å²) in [6, 6.07) is 7.88. The SMILES string of the molecule is CCOc1ccccc1C=NNc1nc2c(s1)CCCC2. The van der Waals surface area contributed by atoms with Crippen LogP contribution in [-0.4, -0.2) is 17.8 Å². The van der Waals surface area contributed by atoms with Gasteiger partial charge >= 0.3 is 0 Å². The van der Waals surface area contributed by atoms with Crippen molar-refractivity contribution in [2.75, 3.05) is 12.0 Å². The van der Waals surface area contributed by atoms with E-state index in [1.165, 1.54) is 23.4 Å². The van der Waals surface area contributed by atoms with E-state index < -0.39 is 0 Å². The van der Waals surface area contributed by atoms with Gasteiger partial charge in [-0.2, -0.15) is 5.10 Å². The number of thiazole rings is 1. The molecule has 0 aliphatic heterocycles. The van der Waals surface area contributed by atoms with E-state index in [2.05, 4.69) is 15.5 Å². The van der Waals surface area contributed by atoms with E-state index in [1.807, 2.05) is 31.2 Å². The maximum Gasteiger partial charge on any atom is 0.203 e. The Hall–Kier alpha value is -1.88. The van der Waals surface area contributed by atoms with Crippen LogP contribution in [0.15, 0.2) is 29.4 Å². The first-order valence-electron chi connectivity index (χ1n) is 7.36. The highest BCUT2D eigenvalue weighted by atomic mass is 32.1. The highest BCUT2D eigenvalue weighted by Crippen LogP contribution is 2.29. The Morgan fingerprint density at radius 3 is 3.05 bits per heavy atom. The topological polar surface area (TPSA) is 46.5 Å². The molecule has 1 aromatic carbocycles. The Labute approximate surface area is 128 Å². The third-order valence-corrected chi connectivity index (χ3v) is 4.49. The molecule has 1 aliphatic rings. The molecule has 0 fully saturated rings. The number of hydrazone groups is 1. The predicted octanol–water partition coefficient (Wildman–Crippen LogP) is 3.87. The lowest BCUT2D eigenvalue weighted by atomic mass is 10.0. The summed E-state index contributed by atoms with van der Waals surface area (Å²) in [5.74, 6) is 0.851. The molecule has 0 atom stereocenters. The van der Waals surface area contributed by atoms with Crippen molar-refractivity contribution >= 4 is 22.7 Å².